The summed E-state index contributed by atoms with van der Waals surface area (Å²) in [6.45, 7) is -1.09. The third kappa shape index (κ3) is 6.12. The fourth-order valence-corrected chi connectivity index (χ4v) is 4.00. The van der Waals surface area contributed by atoms with Crippen molar-refractivity contribution in [2.75, 3.05) is 13.2 Å². The Morgan fingerprint density at radius 1 is 1.00 bits per heavy atom. The Balaban J connectivity index is 1.60. The largest absolute Gasteiger partial charge is 0.469 e. The minimum absolute atomic E-state index is 0.138. The van der Waals surface area contributed by atoms with E-state index in [-0.39, 0.29) is 23.0 Å². The van der Waals surface area contributed by atoms with Gasteiger partial charge < -0.3 is 29.8 Å². The van der Waals surface area contributed by atoms with Crippen LogP contribution in [0.1, 0.15) is 12.0 Å². The molecule has 0 spiro atoms. The summed E-state index contributed by atoms with van der Waals surface area (Å²) in [7, 11) is -4.74. The number of nitrogens with two attached hydrogens (primary N) is 1. The second-order valence-corrected chi connectivity index (χ2v) is 9.50. The highest BCUT2D eigenvalue weighted by Crippen LogP contribution is 2.37. The van der Waals surface area contributed by atoms with Crippen molar-refractivity contribution < 1.29 is 37.5 Å². The van der Waals surface area contributed by atoms with E-state index in [0.717, 1.165) is 0 Å². The van der Waals surface area contributed by atoms with Crippen LogP contribution in [0, 0.1) is 5.82 Å². The molecule has 0 saturated carbocycles. The number of phosphoric ester groups is 1. The first-order valence-electron chi connectivity index (χ1n) is 10.6. The Hall–Kier alpha value is -3.11. The van der Waals surface area contributed by atoms with E-state index < -0.39 is 32.4 Å². The van der Waals surface area contributed by atoms with Gasteiger partial charge in [-0.3, -0.25) is 9.32 Å². The molecule has 1 unspecified atom stereocenters. The van der Waals surface area contributed by atoms with E-state index in [0.29, 0.717) is 34.3 Å². The molecule has 5 N–H and O–H groups in total. The summed E-state index contributed by atoms with van der Waals surface area (Å²) in [4.78, 5) is 31.0. The molecule has 0 saturated heterocycles. The maximum Gasteiger partial charge on any atom is 0.469 e. The van der Waals surface area contributed by atoms with Crippen LogP contribution in [0.2, 0.25) is 0 Å². The molecule has 9 nitrogen and oxygen atoms in total. The van der Waals surface area contributed by atoms with Gasteiger partial charge in [0.1, 0.15) is 28.5 Å². The summed E-state index contributed by atoms with van der Waals surface area (Å²) < 4.78 is 40.4. The van der Waals surface area contributed by atoms with Crippen LogP contribution in [0.5, 0.6) is 11.5 Å². The maximum atomic E-state index is 13.4. The molecule has 0 aliphatic carbocycles. The second kappa shape index (κ2) is 9.87. The molecule has 0 aliphatic heterocycles. The number of benzene rings is 3. The van der Waals surface area contributed by atoms with Crippen LogP contribution in [0.15, 0.2) is 69.9 Å². The highest BCUT2D eigenvalue weighted by molar-refractivity contribution is 7.46. The first-order chi connectivity index (χ1) is 16.5. The van der Waals surface area contributed by atoms with Gasteiger partial charge in [0.25, 0.3) is 0 Å². The Labute approximate surface area is 198 Å². The Morgan fingerprint density at radius 3 is 2.37 bits per heavy atom. The molecule has 0 aliphatic rings. The van der Waals surface area contributed by atoms with Crippen LogP contribution in [0.25, 0.3) is 21.9 Å². The zero-order valence-corrected chi connectivity index (χ0v) is 19.3. The summed E-state index contributed by atoms with van der Waals surface area (Å²) >= 11 is 0. The highest BCUT2D eigenvalue weighted by atomic mass is 31.2. The second-order valence-electron chi connectivity index (χ2n) is 8.26. The molecule has 184 valence electrons. The van der Waals surface area contributed by atoms with Gasteiger partial charge in [0, 0.05) is 6.07 Å². The molecule has 35 heavy (non-hydrogen) atoms. The van der Waals surface area contributed by atoms with Crippen LogP contribution < -0.4 is 15.9 Å². The molecule has 1 atom stereocenters. The molecular weight excluding hydrogens is 480 g/mol. The first-order valence-corrected chi connectivity index (χ1v) is 12.1. The van der Waals surface area contributed by atoms with Gasteiger partial charge in [-0.15, -0.1) is 0 Å². The van der Waals surface area contributed by atoms with Crippen LogP contribution in [0.3, 0.4) is 0 Å². The van der Waals surface area contributed by atoms with E-state index in [1.54, 1.807) is 36.4 Å². The van der Waals surface area contributed by atoms with Crippen molar-refractivity contribution in [3.05, 3.63) is 82.3 Å². The fraction of sp³-hybridized carbons (Fsp3) is 0.208. The van der Waals surface area contributed by atoms with Gasteiger partial charge in [-0.2, -0.15) is 0 Å². The van der Waals surface area contributed by atoms with Crippen LogP contribution in [-0.2, 0) is 15.5 Å². The summed E-state index contributed by atoms with van der Waals surface area (Å²) in [6, 6.07) is 15.4. The minimum atomic E-state index is -4.74. The topological polar surface area (TPSA) is 152 Å². The van der Waals surface area contributed by atoms with Gasteiger partial charge in [-0.25, -0.2) is 8.96 Å². The van der Waals surface area contributed by atoms with Crippen LogP contribution >= 0.6 is 7.82 Å². The van der Waals surface area contributed by atoms with Crippen molar-refractivity contribution in [3.63, 3.8) is 0 Å². The van der Waals surface area contributed by atoms with Crippen molar-refractivity contribution in [1.29, 1.82) is 0 Å². The summed E-state index contributed by atoms with van der Waals surface area (Å²) in [5, 5.41) is 10.2. The number of phosphoric acid groups is 1. The standard InChI is InChI=1S/C24H23FNO8P/c25-16-2-1-3-17(11-16)33-18-5-7-22-20(12-18)23(28)19-10-15(4-6-21(19)34-22)8-9-24(26,13-27)14-32-35(29,30)31/h1-7,10-12,27H,8-9,13-14,26H2,(H2,29,30,31). The lowest BCUT2D eigenvalue weighted by atomic mass is 9.93. The number of aliphatic hydroxyl groups is 1. The molecule has 0 radical (unpaired) electrons. The molecular formula is C24H23FNO8P. The van der Waals surface area contributed by atoms with Crippen molar-refractivity contribution in [1.82, 2.24) is 0 Å². The number of hydrogen-bond donors (Lipinski definition) is 4. The zero-order chi connectivity index (χ0) is 25.2. The van der Waals surface area contributed by atoms with Crippen molar-refractivity contribution in [3.8, 4) is 11.5 Å². The lowest BCUT2D eigenvalue weighted by molar-refractivity contribution is 0.102. The summed E-state index contributed by atoms with van der Waals surface area (Å²) in [5.74, 6) is 0.179. The molecule has 1 aromatic heterocycles. The quantitative estimate of drug-likeness (QED) is 0.198. The van der Waals surface area contributed by atoms with E-state index in [1.165, 1.54) is 24.3 Å². The molecule has 11 heteroatoms. The molecule has 0 amide bonds. The highest BCUT2D eigenvalue weighted by Gasteiger charge is 2.28. The molecule has 1 heterocycles. The van der Waals surface area contributed by atoms with Gasteiger partial charge in [0.05, 0.1) is 29.5 Å². The van der Waals surface area contributed by atoms with Crippen molar-refractivity contribution in [2.24, 2.45) is 5.73 Å². The molecule has 3 aromatic carbocycles. The lowest BCUT2D eigenvalue weighted by Crippen LogP contribution is -2.48. The van der Waals surface area contributed by atoms with E-state index >= 15 is 0 Å². The fourth-order valence-electron chi connectivity index (χ4n) is 3.57. The van der Waals surface area contributed by atoms with E-state index in [1.807, 2.05) is 0 Å². The Kier molecular flexibility index (Phi) is 7.05. The average Bonchev–Trinajstić information content (AvgIpc) is 2.82. The lowest BCUT2D eigenvalue weighted by Gasteiger charge is -2.27. The monoisotopic (exact) mass is 503 g/mol. The Morgan fingerprint density at radius 2 is 1.69 bits per heavy atom. The number of fused-ring (bicyclic) bond motifs is 2. The molecule has 4 aromatic rings. The third-order valence-electron chi connectivity index (χ3n) is 5.48. The maximum absolute atomic E-state index is 13.4. The Bertz CT molecular complexity index is 1480. The molecule has 0 bridgehead atoms. The zero-order valence-electron chi connectivity index (χ0n) is 18.4. The third-order valence-corrected chi connectivity index (χ3v) is 5.95. The van der Waals surface area contributed by atoms with Crippen LogP contribution in [-0.4, -0.2) is 33.6 Å². The smallest absolute Gasteiger partial charge is 0.457 e. The normalized spacial score (nSPS) is 13.7. The number of ether oxygens (including phenoxy) is 1. The van der Waals surface area contributed by atoms with Gasteiger partial charge in [-0.05, 0) is 60.9 Å². The van der Waals surface area contributed by atoms with E-state index in [9.17, 15) is 18.9 Å². The van der Waals surface area contributed by atoms with Crippen molar-refractivity contribution in [2.45, 2.75) is 18.4 Å². The van der Waals surface area contributed by atoms with Crippen molar-refractivity contribution >= 4 is 29.8 Å². The van der Waals surface area contributed by atoms with Crippen LogP contribution in [0.4, 0.5) is 4.39 Å². The van der Waals surface area contributed by atoms with E-state index in [2.05, 4.69) is 4.52 Å². The number of aryl methyl sites for hydroxylation is 1. The number of rotatable bonds is 9. The number of halogens is 1. The molecule has 0 fully saturated rings. The molecule has 4 rings (SSSR count). The SMILES string of the molecule is NC(CO)(CCc1ccc2oc3ccc(Oc4cccc(F)c4)cc3c(=O)c2c1)COP(=O)(O)O. The minimum Gasteiger partial charge on any atom is -0.457 e. The van der Waals surface area contributed by atoms with E-state index in [4.69, 9.17) is 24.7 Å². The number of aliphatic hydroxyl groups excluding tert-OH is 1. The predicted molar refractivity (Wildman–Crippen MR) is 127 cm³/mol. The van der Waals surface area contributed by atoms with Gasteiger partial charge >= 0.3 is 7.82 Å². The van der Waals surface area contributed by atoms with Gasteiger partial charge in [0.15, 0.2) is 0 Å². The number of hydrogen-bond acceptors (Lipinski definition) is 7. The predicted octanol–water partition coefficient (Wildman–Crippen LogP) is 3.61. The van der Waals surface area contributed by atoms with Gasteiger partial charge in [0.2, 0.25) is 5.43 Å². The van der Waals surface area contributed by atoms with Gasteiger partial charge in [-0.1, -0.05) is 12.1 Å². The first kappa shape index (κ1) is 25.0. The summed E-state index contributed by atoms with van der Waals surface area (Å²) in [5.41, 5.74) is 5.78. The average molecular weight is 503 g/mol. The summed E-state index contributed by atoms with van der Waals surface area (Å²) in [6.07, 6.45) is 0.442.